The molecule has 19 heavy (non-hydrogen) atoms. The first-order valence-corrected chi connectivity index (χ1v) is 7.59. The molecule has 0 spiro atoms. The molecule has 1 aliphatic rings. The Hall–Kier alpha value is -0.860. The molecule has 3 nitrogen and oxygen atoms in total. The second kappa shape index (κ2) is 6.53. The third kappa shape index (κ3) is 4.63. The second-order valence-corrected chi connectivity index (χ2v) is 6.35. The van der Waals surface area contributed by atoms with Gasteiger partial charge in [0.2, 0.25) is 0 Å². The summed E-state index contributed by atoms with van der Waals surface area (Å²) < 4.78 is 0. The Bertz CT molecular complexity index is 460. The van der Waals surface area contributed by atoms with E-state index in [2.05, 4.69) is 28.2 Å². The molecule has 1 saturated heterocycles. The molecule has 0 saturated carbocycles. The Morgan fingerprint density at radius 1 is 1.42 bits per heavy atom. The maximum atomic E-state index is 9.92. The summed E-state index contributed by atoms with van der Waals surface area (Å²) in [6.45, 7) is 4.90. The van der Waals surface area contributed by atoms with E-state index in [0.717, 1.165) is 38.0 Å². The van der Waals surface area contributed by atoms with Gasteiger partial charge in [0.25, 0.3) is 0 Å². The molecule has 2 heterocycles. The average Bonchev–Trinajstić information content (AvgIpc) is 2.80. The van der Waals surface area contributed by atoms with Crippen molar-refractivity contribution in [2.45, 2.75) is 38.3 Å². The van der Waals surface area contributed by atoms with Crippen LogP contribution in [0.1, 0.15) is 36.6 Å². The number of nitrogens with zero attached hydrogens (tertiary/aromatic N) is 1. The summed E-state index contributed by atoms with van der Waals surface area (Å²) in [5.74, 6) is 6.00. The molecular formula is C15H21NO2S. The van der Waals surface area contributed by atoms with Crippen LogP contribution in [0.3, 0.4) is 0 Å². The molecule has 1 aromatic rings. The summed E-state index contributed by atoms with van der Waals surface area (Å²) in [6, 6.07) is 2.13. The molecule has 2 N–H and O–H groups in total. The molecule has 0 unspecified atom stereocenters. The highest BCUT2D eigenvalue weighted by Gasteiger charge is 2.27. The fraction of sp³-hybridized carbons (Fsp3) is 0.600. The highest BCUT2D eigenvalue weighted by atomic mass is 32.1. The molecule has 1 aromatic heterocycles. The van der Waals surface area contributed by atoms with Crippen LogP contribution < -0.4 is 0 Å². The fourth-order valence-electron chi connectivity index (χ4n) is 2.16. The van der Waals surface area contributed by atoms with E-state index in [1.165, 1.54) is 4.88 Å². The van der Waals surface area contributed by atoms with Crippen molar-refractivity contribution in [2.24, 2.45) is 0 Å². The van der Waals surface area contributed by atoms with Crippen molar-refractivity contribution in [3.63, 3.8) is 0 Å². The lowest BCUT2D eigenvalue weighted by Crippen LogP contribution is -2.41. The van der Waals surface area contributed by atoms with Gasteiger partial charge >= 0.3 is 0 Å². The van der Waals surface area contributed by atoms with E-state index in [1.54, 1.807) is 11.3 Å². The predicted molar refractivity (Wildman–Crippen MR) is 78.0 cm³/mol. The number of aliphatic hydroxyl groups is 2. The van der Waals surface area contributed by atoms with Gasteiger partial charge < -0.3 is 10.2 Å². The zero-order valence-electron chi connectivity index (χ0n) is 11.4. The lowest BCUT2D eigenvalue weighted by molar-refractivity contribution is -0.00706. The van der Waals surface area contributed by atoms with Crippen molar-refractivity contribution in [3.8, 4) is 11.8 Å². The van der Waals surface area contributed by atoms with Gasteiger partial charge in [-0.25, -0.2) is 0 Å². The van der Waals surface area contributed by atoms with Crippen molar-refractivity contribution < 1.29 is 10.2 Å². The number of thiophene rings is 1. The number of piperidine rings is 1. The quantitative estimate of drug-likeness (QED) is 0.830. The van der Waals surface area contributed by atoms with Gasteiger partial charge in [-0.3, -0.25) is 4.90 Å². The molecule has 104 valence electrons. The number of aliphatic hydroxyl groups excluding tert-OH is 1. The third-order valence-electron chi connectivity index (χ3n) is 3.44. The van der Waals surface area contributed by atoms with Gasteiger partial charge in [0.15, 0.2) is 0 Å². The first-order chi connectivity index (χ1) is 9.09. The lowest BCUT2D eigenvalue weighted by atomic mass is 9.94. The highest BCUT2D eigenvalue weighted by Crippen LogP contribution is 2.24. The second-order valence-electron chi connectivity index (χ2n) is 5.35. The van der Waals surface area contributed by atoms with E-state index in [1.807, 2.05) is 6.92 Å². The van der Waals surface area contributed by atoms with Crippen molar-refractivity contribution in [3.05, 3.63) is 21.9 Å². The van der Waals surface area contributed by atoms with Gasteiger partial charge in [-0.15, -0.1) is 11.3 Å². The summed E-state index contributed by atoms with van der Waals surface area (Å²) in [7, 11) is 0. The maximum Gasteiger partial charge on any atom is 0.0644 e. The Morgan fingerprint density at radius 2 is 2.16 bits per heavy atom. The maximum absolute atomic E-state index is 9.92. The van der Waals surface area contributed by atoms with Crippen LogP contribution in [0, 0.1) is 11.8 Å². The standard InChI is InChI=1S/C15H21NO2S/c1-15(18)5-7-16(8-6-15)11-14-10-13(12-19-14)4-2-3-9-17/h10,12,17-18H,3,5-9,11H2,1H3. The van der Waals surface area contributed by atoms with Gasteiger partial charge in [-0.05, 0) is 25.8 Å². The molecule has 0 aliphatic carbocycles. The molecule has 2 rings (SSSR count). The van der Waals surface area contributed by atoms with Crippen LogP contribution in [0.4, 0.5) is 0 Å². The minimum atomic E-state index is -0.479. The smallest absolute Gasteiger partial charge is 0.0644 e. The molecule has 0 bridgehead atoms. The van der Waals surface area contributed by atoms with Crippen LogP contribution in [-0.4, -0.2) is 40.4 Å². The van der Waals surface area contributed by atoms with Crippen LogP contribution in [-0.2, 0) is 6.54 Å². The number of hydrogen-bond donors (Lipinski definition) is 2. The molecule has 1 fully saturated rings. The van der Waals surface area contributed by atoms with Crippen molar-refractivity contribution in [1.29, 1.82) is 0 Å². The van der Waals surface area contributed by atoms with Gasteiger partial charge in [0.05, 0.1) is 12.2 Å². The number of rotatable bonds is 3. The minimum Gasteiger partial charge on any atom is -0.395 e. The normalized spacial score (nSPS) is 18.9. The Morgan fingerprint density at radius 3 is 2.84 bits per heavy atom. The van der Waals surface area contributed by atoms with Crippen LogP contribution in [0.2, 0.25) is 0 Å². The minimum absolute atomic E-state index is 0.123. The summed E-state index contributed by atoms with van der Waals surface area (Å²) in [6.07, 6.45) is 2.23. The molecule has 0 radical (unpaired) electrons. The van der Waals surface area contributed by atoms with Gasteiger partial charge in [-0.1, -0.05) is 11.8 Å². The van der Waals surface area contributed by atoms with E-state index >= 15 is 0 Å². The van der Waals surface area contributed by atoms with Crippen molar-refractivity contribution in [2.75, 3.05) is 19.7 Å². The molecular weight excluding hydrogens is 258 g/mol. The van der Waals surface area contributed by atoms with Gasteiger partial charge in [0.1, 0.15) is 0 Å². The Balaban J connectivity index is 1.86. The zero-order chi connectivity index (χ0) is 13.7. The highest BCUT2D eigenvalue weighted by molar-refractivity contribution is 7.10. The predicted octanol–water partition coefficient (Wildman–Crippen LogP) is 1.83. The Kier molecular flexibility index (Phi) is 5.00. The third-order valence-corrected chi connectivity index (χ3v) is 4.36. The summed E-state index contributed by atoms with van der Waals surface area (Å²) >= 11 is 1.73. The first kappa shape index (κ1) is 14.5. The van der Waals surface area contributed by atoms with E-state index in [9.17, 15) is 5.11 Å². The van der Waals surface area contributed by atoms with Crippen molar-refractivity contribution in [1.82, 2.24) is 4.90 Å². The summed E-state index contributed by atoms with van der Waals surface area (Å²) in [5.41, 5.74) is 0.560. The van der Waals surface area contributed by atoms with Gasteiger partial charge in [-0.2, -0.15) is 0 Å². The lowest BCUT2D eigenvalue weighted by Gasteiger charge is -2.35. The van der Waals surface area contributed by atoms with Crippen LogP contribution >= 0.6 is 11.3 Å². The number of hydrogen-bond acceptors (Lipinski definition) is 4. The van der Waals surface area contributed by atoms with E-state index < -0.39 is 5.60 Å². The summed E-state index contributed by atoms with van der Waals surface area (Å²) in [5, 5.41) is 20.7. The molecule has 0 amide bonds. The van der Waals surface area contributed by atoms with Crippen LogP contribution in [0.15, 0.2) is 11.4 Å². The van der Waals surface area contributed by atoms with Crippen LogP contribution in [0.25, 0.3) is 0 Å². The van der Waals surface area contributed by atoms with Gasteiger partial charge in [0, 0.05) is 41.9 Å². The average molecular weight is 279 g/mol. The molecule has 0 aromatic carbocycles. The number of likely N-dealkylation sites (tertiary alicyclic amines) is 1. The Labute approximate surface area is 118 Å². The van der Waals surface area contributed by atoms with Crippen LogP contribution in [0.5, 0.6) is 0 Å². The van der Waals surface area contributed by atoms with E-state index in [4.69, 9.17) is 5.11 Å². The fourth-order valence-corrected chi connectivity index (χ4v) is 3.02. The monoisotopic (exact) mass is 279 g/mol. The van der Waals surface area contributed by atoms with Crippen molar-refractivity contribution >= 4 is 11.3 Å². The first-order valence-electron chi connectivity index (χ1n) is 6.71. The molecule has 1 aliphatic heterocycles. The van der Waals surface area contributed by atoms with E-state index in [-0.39, 0.29) is 6.61 Å². The zero-order valence-corrected chi connectivity index (χ0v) is 12.2. The molecule has 0 atom stereocenters. The summed E-state index contributed by atoms with van der Waals surface area (Å²) in [4.78, 5) is 3.70. The topological polar surface area (TPSA) is 43.7 Å². The largest absolute Gasteiger partial charge is 0.395 e. The molecule has 4 heteroatoms. The SMILES string of the molecule is CC1(O)CCN(Cc2cc(C#CCCO)cs2)CC1. The van der Waals surface area contributed by atoms with E-state index in [0.29, 0.717) is 6.42 Å².